The molecule has 0 unspecified atom stereocenters. The first-order valence-electron chi connectivity index (χ1n) is 7.37. The van der Waals surface area contributed by atoms with E-state index in [1.807, 2.05) is 12.1 Å². The van der Waals surface area contributed by atoms with Crippen molar-refractivity contribution in [2.24, 2.45) is 5.92 Å². The Kier molecular flexibility index (Phi) is 6.35. The van der Waals surface area contributed by atoms with E-state index in [2.05, 4.69) is 0 Å². The van der Waals surface area contributed by atoms with Gasteiger partial charge in [-0.2, -0.15) is 0 Å². The molecule has 2 aromatic carbocycles. The molecule has 24 heavy (non-hydrogen) atoms. The maximum atomic E-state index is 10.9. The number of methoxy groups -OCH3 is 1. The van der Waals surface area contributed by atoms with E-state index in [4.69, 9.17) is 37.8 Å². The molecule has 0 fully saturated rings. The number of ether oxygens (including phenoxy) is 2. The highest BCUT2D eigenvalue weighted by Gasteiger charge is 2.13. The van der Waals surface area contributed by atoms with Crippen LogP contribution >= 0.6 is 23.2 Å². The van der Waals surface area contributed by atoms with Crippen LogP contribution in [0.15, 0.2) is 36.4 Å². The molecule has 0 spiro atoms. The van der Waals surface area contributed by atoms with Gasteiger partial charge in [-0.1, -0.05) is 42.3 Å². The van der Waals surface area contributed by atoms with Crippen LogP contribution in [0, 0.1) is 5.92 Å². The summed E-state index contributed by atoms with van der Waals surface area (Å²) in [7, 11) is 1.56. The third-order valence-electron chi connectivity index (χ3n) is 3.57. The fraction of sp³-hybridized carbons (Fsp3) is 0.278. The van der Waals surface area contributed by atoms with Gasteiger partial charge in [0.05, 0.1) is 23.1 Å². The number of benzene rings is 2. The highest BCUT2D eigenvalue weighted by molar-refractivity contribution is 6.32. The summed E-state index contributed by atoms with van der Waals surface area (Å²) < 4.78 is 10.8. The maximum Gasteiger partial charge on any atom is 0.306 e. The van der Waals surface area contributed by atoms with Crippen LogP contribution in [0.2, 0.25) is 10.0 Å². The van der Waals surface area contributed by atoms with Crippen LogP contribution < -0.4 is 9.47 Å². The first-order chi connectivity index (χ1) is 11.4. The minimum atomic E-state index is -0.831. The zero-order valence-electron chi connectivity index (χ0n) is 13.4. The lowest BCUT2D eigenvalue weighted by Gasteiger charge is -2.12. The number of rotatable bonds is 7. The van der Waals surface area contributed by atoms with Gasteiger partial charge in [-0.05, 0) is 41.8 Å². The fourth-order valence-corrected chi connectivity index (χ4v) is 2.73. The average Bonchev–Trinajstić information content (AvgIpc) is 2.54. The van der Waals surface area contributed by atoms with Crippen LogP contribution in [0.1, 0.15) is 18.1 Å². The minimum Gasteiger partial charge on any atom is -0.495 e. The first-order valence-corrected chi connectivity index (χ1v) is 8.12. The number of aliphatic carboxylic acids is 1. The zero-order valence-corrected chi connectivity index (χ0v) is 14.9. The maximum absolute atomic E-state index is 10.9. The lowest BCUT2D eigenvalue weighted by Crippen LogP contribution is -2.12. The molecule has 2 rings (SSSR count). The third kappa shape index (κ3) is 4.79. The number of hydrogen-bond acceptors (Lipinski definition) is 3. The molecule has 0 amide bonds. The van der Waals surface area contributed by atoms with Crippen molar-refractivity contribution in [2.45, 2.75) is 20.0 Å². The van der Waals surface area contributed by atoms with Gasteiger partial charge >= 0.3 is 5.97 Å². The Balaban J connectivity index is 2.03. The van der Waals surface area contributed by atoms with Crippen molar-refractivity contribution >= 4 is 29.2 Å². The normalized spacial score (nSPS) is 11.8. The quantitative estimate of drug-likeness (QED) is 0.759. The second-order valence-corrected chi connectivity index (χ2v) is 6.28. The highest BCUT2D eigenvalue weighted by Crippen LogP contribution is 2.29. The van der Waals surface area contributed by atoms with Crippen molar-refractivity contribution in [3.05, 3.63) is 57.6 Å². The number of carboxylic acid groups (broad SMARTS) is 1. The van der Waals surface area contributed by atoms with E-state index in [0.717, 1.165) is 11.1 Å². The summed E-state index contributed by atoms with van der Waals surface area (Å²) in [5.74, 6) is -0.150. The van der Waals surface area contributed by atoms with Crippen molar-refractivity contribution in [1.82, 2.24) is 0 Å². The molecule has 1 N–H and O–H groups in total. The summed E-state index contributed by atoms with van der Waals surface area (Å²) in [6.07, 6.45) is 0.420. The Morgan fingerprint density at radius 2 is 1.67 bits per heavy atom. The molecule has 4 nitrogen and oxygen atoms in total. The van der Waals surface area contributed by atoms with E-state index < -0.39 is 11.9 Å². The van der Waals surface area contributed by atoms with Crippen molar-refractivity contribution in [1.29, 1.82) is 0 Å². The largest absolute Gasteiger partial charge is 0.495 e. The summed E-state index contributed by atoms with van der Waals surface area (Å²) in [5, 5.41) is 9.93. The number of carbonyl (C=O) groups is 1. The molecule has 0 aliphatic carbocycles. The molecule has 0 radical (unpaired) electrons. The molecule has 0 aliphatic heterocycles. The van der Waals surface area contributed by atoms with E-state index in [-0.39, 0.29) is 0 Å². The molecule has 0 heterocycles. The second kappa shape index (κ2) is 8.27. The van der Waals surface area contributed by atoms with Gasteiger partial charge in [-0.25, -0.2) is 0 Å². The Morgan fingerprint density at radius 1 is 1.08 bits per heavy atom. The molecule has 0 aliphatic rings. The average molecular weight is 369 g/mol. The fourth-order valence-electron chi connectivity index (χ4n) is 2.19. The summed E-state index contributed by atoms with van der Waals surface area (Å²) in [4.78, 5) is 10.9. The lowest BCUT2D eigenvalue weighted by molar-refractivity contribution is -0.141. The zero-order chi connectivity index (χ0) is 17.7. The van der Waals surface area contributed by atoms with Crippen molar-refractivity contribution in [3.63, 3.8) is 0 Å². The molecular formula is C18H18Cl2O4. The van der Waals surface area contributed by atoms with Crippen LogP contribution in [-0.4, -0.2) is 18.2 Å². The van der Waals surface area contributed by atoms with Crippen LogP contribution in [-0.2, 0) is 17.8 Å². The van der Waals surface area contributed by atoms with Crippen LogP contribution in [0.25, 0.3) is 0 Å². The Morgan fingerprint density at radius 3 is 2.25 bits per heavy atom. The number of hydrogen-bond donors (Lipinski definition) is 1. The molecule has 0 aromatic heterocycles. The Labute approximate surface area is 150 Å². The molecule has 0 saturated heterocycles. The van der Waals surface area contributed by atoms with Crippen molar-refractivity contribution in [2.75, 3.05) is 7.11 Å². The Hall–Kier alpha value is -1.91. The van der Waals surface area contributed by atoms with Gasteiger partial charge in [0, 0.05) is 0 Å². The molecule has 128 valence electrons. The predicted octanol–water partition coefficient (Wildman–Crippen LogP) is 4.84. The molecule has 1 atom stereocenters. The van der Waals surface area contributed by atoms with Crippen LogP contribution in [0.3, 0.4) is 0 Å². The Bertz CT molecular complexity index is 731. The lowest BCUT2D eigenvalue weighted by atomic mass is 10.0. The van der Waals surface area contributed by atoms with Gasteiger partial charge in [-0.3, -0.25) is 4.79 Å². The number of halogens is 2. The van der Waals surface area contributed by atoms with Gasteiger partial charge in [0.25, 0.3) is 0 Å². The second-order valence-electron chi connectivity index (χ2n) is 5.47. The van der Waals surface area contributed by atoms with E-state index in [1.54, 1.807) is 38.3 Å². The SMILES string of the molecule is COc1ccc(COc2ccc(C[C@@H](C)C(=O)O)cc2Cl)cc1Cl. The summed E-state index contributed by atoms with van der Waals surface area (Å²) in [6, 6.07) is 10.7. The first kappa shape index (κ1) is 18.4. The summed E-state index contributed by atoms with van der Waals surface area (Å²) in [6.45, 7) is 1.97. The highest BCUT2D eigenvalue weighted by atomic mass is 35.5. The van der Waals surface area contributed by atoms with Gasteiger partial charge in [0.1, 0.15) is 18.1 Å². The van der Waals surface area contributed by atoms with Gasteiger partial charge in [0.2, 0.25) is 0 Å². The predicted molar refractivity (Wildman–Crippen MR) is 94.3 cm³/mol. The topological polar surface area (TPSA) is 55.8 Å². The third-order valence-corrected chi connectivity index (χ3v) is 4.16. The van der Waals surface area contributed by atoms with Gasteiger partial charge < -0.3 is 14.6 Å². The van der Waals surface area contributed by atoms with Gasteiger partial charge in [0.15, 0.2) is 0 Å². The van der Waals surface area contributed by atoms with Crippen LogP contribution in [0.4, 0.5) is 0 Å². The van der Waals surface area contributed by atoms with Crippen molar-refractivity contribution < 1.29 is 19.4 Å². The smallest absolute Gasteiger partial charge is 0.306 e. The van der Waals surface area contributed by atoms with Crippen molar-refractivity contribution in [3.8, 4) is 11.5 Å². The molecular weight excluding hydrogens is 351 g/mol. The molecule has 2 aromatic rings. The monoisotopic (exact) mass is 368 g/mol. The molecule has 6 heteroatoms. The summed E-state index contributed by atoms with van der Waals surface area (Å²) >= 11 is 12.3. The van der Waals surface area contributed by atoms with Crippen LogP contribution in [0.5, 0.6) is 11.5 Å². The van der Waals surface area contributed by atoms with E-state index in [0.29, 0.717) is 34.6 Å². The molecule has 0 saturated carbocycles. The minimum absolute atomic E-state index is 0.314. The molecule has 0 bridgehead atoms. The number of carboxylic acids is 1. The standard InChI is InChI=1S/C18H18Cl2O4/c1-11(18(21)22)7-12-3-6-17(15(20)8-12)24-10-13-4-5-16(23-2)14(19)9-13/h3-6,8-9,11H,7,10H2,1-2H3,(H,21,22)/t11-/m1/s1. The summed E-state index contributed by atoms with van der Waals surface area (Å²) in [5.41, 5.74) is 1.75. The van der Waals surface area contributed by atoms with E-state index in [1.165, 1.54) is 0 Å². The van der Waals surface area contributed by atoms with E-state index in [9.17, 15) is 4.79 Å². The van der Waals surface area contributed by atoms with Gasteiger partial charge in [-0.15, -0.1) is 0 Å². The van der Waals surface area contributed by atoms with E-state index >= 15 is 0 Å².